The molecule has 16 heavy (non-hydrogen) atoms. The SMILES string of the molecule is C[Si](C)(C)C#Cc1cncc(OC(F)F)c1. The smallest absolute Gasteiger partial charge is 0.387 e. The summed E-state index contributed by atoms with van der Waals surface area (Å²) in [6.07, 6.45) is 2.78. The zero-order chi connectivity index (χ0) is 12.2. The van der Waals surface area contributed by atoms with Crippen LogP contribution in [-0.4, -0.2) is 19.7 Å². The molecule has 0 saturated heterocycles. The molecule has 0 bridgehead atoms. The van der Waals surface area contributed by atoms with Gasteiger partial charge in [-0.3, -0.25) is 4.98 Å². The fraction of sp³-hybridized carbons (Fsp3) is 0.364. The number of alkyl halides is 2. The molecule has 0 spiro atoms. The summed E-state index contributed by atoms with van der Waals surface area (Å²) < 4.78 is 28.1. The maximum absolute atomic E-state index is 11.9. The molecular formula is C11H13F2NOSi. The molecule has 0 unspecified atom stereocenters. The minimum absolute atomic E-state index is 0.0392. The maximum Gasteiger partial charge on any atom is 0.387 e. The first kappa shape index (κ1) is 12.7. The lowest BCUT2D eigenvalue weighted by atomic mass is 10.3. The van der Waals surface area contributed by atoms with Crippen LogP contribution in [0.4, 0.5) is 8.78 Å². The van der Waals surface area contributed by atoms with Crippen molar-refractivity contribution in [2.75, 3.05) is 0 Å². The summed E-state index contributed by atoms with van der Waals surface area (Å²) in [5.74, 6) is 2.96. The number of pyridine rings is 1. The van der Waals surface area contributed by atoms with Crippen LogP contribution in [0.25, 0.3) is 0 Å². The maximum atomic E-state index is 11.9. The Labute approximate surface area is 94.7 Å². The first-order valence-corrected chi connectivity index (χ1v) is 8.30. The van der Waals surface area contributed by atoms with Crippen LogP contribution in [0.2, 0.25) is 19.6 Å². The monoisotopic (exact) mass is 241 g/mol. The van der Waals surface area contributed by atoms with Gasteiger partial charge in [-0.25, -0.2) is 0 Å². The van der Waals surface area contributed by atoms with E-state index in [2.05, 4.69) is 40.8 Å². The first-order valence-electron chi connectivity index (χ1n) is 4.80. The van der Waals surface area contributed by atoms with Crippen LogP contribution in [0.15, 0.2) is 18.5 Å². The van der Waals surface area contributed by atoms with Gasteiger partial charge in [0.25, 0.3) is 0 Å². The summed E-state index contributed by atoms with van der Waals surface area (Å²) in [4.78, 5) is 3.79. The van der Waals surface area contributed by atoms with Crippen LogP contribution < -0.4 is 4.74 Å². The van der Waals surface area contributed by atoms with Crippen LogP contribution in [0.1, 0.15) is 5.56 Å². The van der Waals surface area contributed by atoms with Crippen molar-refractivity contribution < 1.29 is 13.5 Å². The molecule has 0 aromatic carbocycles. The lowest BCUT2D eigenvalue weighted by Crippen LogP contribution is -2.16. The second-order valence-electron chi connectivity index (χ2n) is 4.29. The van der Waals surface area contributed by atoms with E-state index in [1.165, 1.54) is 18.5 Å². The first-order chi connectivity index (χ1) is 7.37. The fourth-order valence-electron chi connectivity index (χ4n) is 0.914. The van der Waals surface area contributed by atoms with E-state index < -0.39 is 14.7 Å². The molecule has 2 nitrogen and oxygen atoms in total. The number of hydrogen-bond donors (Lipinski definition) is 0. The second-order valence-corrected chi connectivity index (χ2v) is 9.04. The van der Waals surface area contributed by atoms with Gasteiger partial charge in [-0.2, -0.15) is 8.78 Å². The average Bonchev–Trinajstić information content (AvgIpc) is 2.13. The highest BCUT2D eigenvalue weighted by atomic mass is 28.3. The highest BCUT2D eigenvalue weighted by molar-refractivity contribution is 6.83. The van der Waals surface area contributed by atoms with Gasteiger partial charge in [0, 0.05) is 11.8 Å². The molecule has 0 aliphatic rings. The predicted molar refractivity (Wildman–Crippen MR) is 61.1 cm³/mol. The van der Waals surface area contributed by atoms with Crippen molar-refractivity contribution in [3.05, 3.63) is 24.0 Å². The molecule has 0 radical (unpaired) electrons. The largest absolute Gasteiger partial charge is 0.433 e. The Kier molecular flexibility index (Phi) is 4.02. The van der Waals surface area contributed by atoms with Crippen LogP contribution in [0, 0.1) is 11.5 Å². The number of nitrogens with zero attached hydrogens (tertiary/aromatic N) is 1. The zero-order valence-corrected chi connectivity index (χ0v) is 10.4. The molecule has 0 N–H and O–H groups in total. The average molecular weight is 241 g/mol. The summed E-state index contributed by atoms with van der Waals surface area (Å²) in [7, 11) is -1.47. The van der Waals surface area contributed by atoms with E-state index >= 15 is 0 Å². The Morgan fingerprint density at radius 3 is 2.56 bits per heavy atom. The second kappa shape index (κ2) is 5.08. The van der Waals surface area contributed by atoms with Gasteiger partial charge in [-0.05, 0) is 6.07 Å². The topological polar surface area (TPSA) is 22.1 Å². The van der Waals surface area contributed by atoms with Gasteiger partial charge >= 0.3 is 6.61 Å². The molecule has 0 atom stereocenters. The molecule has 86 valence electrons. The number of halogens is 2. The van der Waals surface area contributed by atoms with E-state index in [0.29, 0.717) is 5.56 Å². The van der Waals surface area contributed by atoms with Crippen LogP contribution in [0.3, 0.4) is 0 Å². The Morgan fingerprint density at radius 1 is 1.31 bits per heavy atom. The Morgan fingerprint density at radius 2 is 2.00 bits per heavy atom. The van der Waals surface area contributed by atoms with Crippen molar-refractivity contribution in [3.8, 4) is 17.2 Å². The van der Waals surface area contributed by atoms with Crippen molar-refractivity contribution in [2.45, 2.75) is 26.3 Å². The van der Waals surface area contributed by atoms with Crippen molar-refractivity contribution in [3.63, 3.8) is 0 Å². The number of rotatable bonds is 2. The summed E-state index contributed by atoms with van der Waals surface area (Å²) in [5.41, 5.74) is 3.72. The molecule has 0 aliphatic carbocycles. The summed E-state index contributed by atoms with van der Waals surface area (Å²) >= 11 is 0. The van der Waals surface area contributed by atoms with Crippen LogP contribution in [0.5, 0.6) is 5.75 Å². The lowest BCUT2D eigenvalue weighted by Gasteiger charge is -2.05. The molecular weight excluding hydrogens is 228 g/mol. The Hall–Kier alpha value is -1.41. The van der Waals surface area contributed by atoms with Gasteiger partial charge in [0.1, 0.15) is 13.8 Å². The zero-order valence-electron chi connectivity index (χ0n) is 9.42. The molecule has 0 amide bonds. The molecule has 0 fully saturated rings. The third kappa shape index (κ3) is 4.89. The third-order valence-electron chi connectivity index (χ3n) is 1.52. The number of ether oxygens (including phenoxy) is 1. The van der Waals surface area contributed by atoms with Crippen LogP contribution in [-0.2, 0) is 0 Å². The lowest BCUT2D eigenvalue weighted by molar-refractivity contribution is -0.0500. The predicted octanol–water partition coefficient (Wildman–Crippen LogP) is 2.91. The normalized spacial score (nSPS) is 10.9. The fourth-order valence-corrected chi connectivity index (χ4v) is 1.43. The summed E-state index contributed by atoms with van der Waals surface area (Å²) in [6, 6.07) is 1.46. The van der Waals surface area contributed by atoms with Crippen molar-refractivity contribution in [1.29, 1.82) is 0 Å². The molecule has 1 rings (SSSR count). The standard InChI is InChI=1S/C11H13F2NOSi/c1-16(2,3)5-4-9-6-10(8-14-7-9)15-11(12)13/h6-8,11H,1-3H3. The minimum Gasteiger partial charge on any atom is -0.433 e. The van der Waals surface area contributed by atoms with Gasteiger partial charge in [0.15, 0.2) is 0 Å². The quantitative estimate of drug-likeness (QED) is 0.586. The van der Waals surface area contributed by atoms with Crippen molar-refractivity contribution in [1.82, 2.24) is 4.98 Å². The molecule has 1 heterocycles. The van der Waals surface area contributed by atoms with Gasteiger partial charge in [0.2, 0.25) is 0 Å². The molecule has 1 aromatic rings. The molecule has 0 aliphatic heterocycles. The number of aromatic nitrogens is 1. The third-order valence-corrected chi connectivity index (χ3v) is 2.40. The summed E-state index contributed by atoms with van der Waals surface area (Å²) in [5, 5.41) is 0. The van der Waals surface area contributed by atoms with E-state index in [1.54, 1.807) is 0 Å². The van der Waals surface area contributed by atoms with Gasteiger partial charge in [-0.1, -0.05) is 25.6 Å². The van der Waals surface area contributed by atoms with Gasteiger partial charge in [-0.15, -0.1) is 5.54 Å². The Balaban J connectivity index is 2.85. The summed E-state index contributed by atoms with van der Waals surface area (Å²) in [6.45, 7) is 3.48. The van der Waals surface area contributed by atoms with E-state index in [0.717, 1.165) is 0 Å². The molecule has 5 heteroatoms. The van der Waals surface area contributed by atoms with Gasteiger partial charge in [0.05, 0.1) is 6.20 Å². The van der Waals surface area contributed by atoms with E-state index in [1.807, 2.05) is 0 Å². The molecule has 1 aromatic heterocycles. The highest BCUT2D eigenvalue weighted by Gasteiger charge is 2.08. The van der Waals surface area contributed by atoms with Gasteiger partial charge < -0.3 is 4.74 Å². The highest BCUT2D eigenvalue weighted by Crippen LogP contribution is 2.13. The van der Waals surface area contributed by atoms with Crippen molar-refractivity contribution >= 4 is 8.07 Å². The molecule has 0 saturated carbocycles. The van der Waals surface area contributed by atoms with Crippen molar-refractivity contribution in [2.24, 2.45) is 0 Å². The number of hydrogen-bond acceptors (Lipinski definition) is 2. The van der Waals surface area contributed by atoms with E-state index in [4.69, 9.17) is 0 Å². The van der Waals surface area contributed by atoms with E-state index in [9.17, 15) is 8.78 Å². The van der Waals surface area contributed by atoms with Crippen LogP contribution >= 0.6 is 0 Å². The van der Waals surface area contributed by atoms with E-state index in [-0.39, 0.29) is 5.75 Å². The minimum atomic E-state index is -2.83. The Bertz CT molecular complexity index is 418.